The summed E-state index contributed by atoms with van der Waals surface area (Å²) in [6.45, 7) is 1.50. The maximum Gasteiger partial charge on any atom is 0.159 e. The fraction of sp³-hybridized carbons (Fsp3) is 0.125. The number of carbonyl (C=O) groups is 1. The quantitative estimate of drug-likeness (QED) is 0.465. The molecule has 1 rings (SSSR count). The monoisotopic (exact) mass is 276 g/mol. The Kier molecular flexibility index (Phi) is 2.56. The number of nitrogen functional groups attached to an aromatic ring is 2. The zero-order valence-electron chi connectivity index (χ0n) is 6.60. The molecule has 3 nitrogen and oxygen atoms in total. The zero-order chi connectivity index (χ0) is 9.30. The van der Waals surface area contributed by atoms with E-state index >= 15 is 0 Å². The summed E-state index contributed by atoms with van der Waals surface area (Å²) in [7, 11) is 0. The third-order valence-corrected chi connectivity index (χ3v) is 2.46. The molecule has 0 atom stereocenters. The molecule has 4 N–H and O–H groups in total. The Bertz CT molecular complexity index is 313. The fourth-order valence-electron chi connectivity index (χ4n) is 0.842. The summed E-state index contributed by atoms with van der Waals surface area (Å²) in [4.78, 5) is 11.0. The standard InChI is InChI=1S/C8H9IN2O/c1-4(12)5-2-6(9)8(11)7(10)3-5/h2-3H,10-11H2,1H3. The Morgan fingerprint density at radius 3 is 2.42 bits per heavy atom. The molecule has 0 radical (unpaired) electrons. The first-order valence-corrected chi connectivity index (χ1v) is 4.45. The summed E-state index contributed by atoms with van der Waals surface area (Å²) < 4.78 is 0.817. The Morgan fingerprint density at radius 1 is 1.42 bits per heavy atom. The van der Waals surface area contributed by atoms with Gasteiger partial charge in [0.05, 0.1) is 11.4 Å². The molecule has 0 aliphatic heterocycles. The van der Waals surface area contributed by atoms with Crippen LogP contribution in [0.5, 0.6) is 0 Å². The van der Waals surface area contributed by atoms with Gasteiger partial charge in [0.2, 0.25) is 0 Å². The lowest BCUT2D eigenvalue weighted by atomic mass is 10.1. The Hall–Kier alpha value is -0.780. The SMILES string of the molecule is CC(=O)c1cc(N)c(N)c(I)c1. The Labute approximate surface area is 84.3 Å². The average Bonchev–Trinajstić information content (AvgIpc) is 1.99. The van der Waals surface area contributed by atoms with Crippen molar-refractivity contribution < 1.29 is 4.79 Å². The first-order chi connectivity index (χ1) is 5.52. The van der Waals surface area contributed by atoms with Crippen LogP contribution in [0.2, 0.25) is 0 Å². The summed E-state index contributed by atoms with van der Waals surface area (Å²) in [5, 5.41) is 0. The first kappa shape index (κ1) is 9.31. The van der Waals surface area contributed by atoms with Crippen molar-refractivity contribution in [2.45, 2.75) is 6.92 Å². The molecule has 0 spiro atoms. The largest absolute Gasteiger partial charge is 0.397 e. The van der Waals surface area contributed by atoms with E-state index in [-0.39, 0.29) is 5.78 Å². The highest BCUT2D eigenvalue weighted by atomic mass is 127. The summed E-state index contributed by atoms with van der Waals surface area (Å²) in [5.41, 5.74) is 12.8. The Morgan fingerprint density at radius 2 is 2.00 bits per heavy atom. The second-order valence-corrected chi connectivity index (χ2v) is 3.68. The van der Waals surface area contributed by atoms with Gasteiger partial charge in [-0.05, 0) is 41.6 Å². The maximum absolute atomic E-state index is 11.0. The number of nitrogens with two attached hydrogens (primary N) is 2. The summed E-state index contributed by atoms with van der Waals surface area (Å²) in [5.74, 6) is -0.000356. The van der Waals surface area contributed by atoms with Crippen molar-refractivity contribution in [3.63, 3.8) is 0 Å². The molecule has 0 aliphatic rings. The smallest absolute Gasteiger partial charge is 0.159 e. The van der Waals surface area contributed by atoms with Gasteiger partial charge < -0.3 is 11.5 Å². The molecule has 0 saturated carbocycles. The number of Topliss-reactive ketones (excluding diaryl/α,β-unsaturated/α-hetero) is 1. The highest BCUT2D eigenvalue weighted by Crippen LogP contribution is 2.23. The van der Waals surface area contributed by atoms with E-state index in [1.54, 1.807) is 12.1 Å². The van der Waals surface area contributed by atoms with E-state index in [1.165, 1.54) is 6.92 Å². The van der Waals surface area contributed by atoms with E-state index < -0.39 is 0 Å². The van der Waals surface area contributed by atoms with Crippen LogP contribution < -0.4 is 11.5 Å². The lowest BCUT2D eigenvalue weighted by Crippen LogP contribution is -2.01. The van der Waals surface area contributed by atoms with E-state index in [1.807, 2.05) is 0 Å². The van der Waals surface area contributed by atoms with E-state index in [0.29, 0.717) is 16.9 Å². The molecule has 0 aromatic heterocycles. The van der Waals surface area contributed by atoms with Crippen LogP contribution in [0.3, 0.4) is 0 Å². The van der Waals surface area contributed by atoms with Gasteiger partial charge in [0.15, 0.2) is 5.78 Å². The minimum atomic E-state index is -0.000356. The van der Waals surface area contributed by atoms with E-state index in [0.717, 1.165) is 3.57 Å². The number of hydrogen-bond acceptors (Lipinski definition) is 3. The number of benzene rings is 1. The molecule has 0 bridgehead atoms. The van der Waals surface area contributed by atoms with E-state index in [2.05, 4.69) is 22.6 Å². The molecule has 12 heavy (non-hydrogen) atoms. The molecule has 1 aromatic rings. The van der Waals surface area contributed by atoms with Crippen LogP contribution in [-0.2, 0) is 0 Å². The lowest BCUT2D eigenvalue weighted by Gasteiger charge is -2.04. The molecular formula is C8H9IN2O. The van der Waals surface area contributed by atoms with Crippen LogP contribution in [0.1, 0.15) is 17.3 Å². The van der Waals surface area contributed by atoms with Crippen molar-refractivity contribution in [3.8, 4) is 0 Å². The minimum absolute atomic E-state index is 0.000356. The van der Waals surface area contributed by atoms with E-state index in [4.69, 9.17) is 11.5 Å². The molecule has 64 valence electrons. The molecule has 0 unspecified atom stereocenters. The maximum atomic E-state index is 11.0. The summed E-state index contributed by atoms with van der Waals surface area (Å²) in [6, 6.07) is 3.33. The number of anilines is 2. The van der Waals surface area contributed by atoms with Crippen molar-refractivity contribution in [2.75, 3.05) is 11.5 Å². The zero-order valence-corrected chi connectivity index (χ0v) is 8.75. The summed E-state index contributed by atoms with van der Waals surface area (Å²) >= 11 is 2.05. The summed E-state index contributed by atoms with van der Waals surface area (Å²) in [6.07, 6.45) is 0. The topological polar surface area (TPSA) is 69.1 Å². The third kappa shape index (κ3) is 1.69. The molecule has 0 aliphatic carbocycles. The predicted molar refractivity (Wildman–Crippen MR) is 58.0 cm³/mol. The number of carbonyl (C=O) groups excluding carboxylic acids is 1. The van der Waals surface area contributed by atoms with Crippen LogP contribution in [-0.4, -0.2) is 5.78 Å². The average molecular weight is 276 g/mol. The van der Waals surface area contributed by atoms with Crippen molar-refractivity contribution >= 4 is 39.7 Å². The van der Waals surface area contributed by atoms with E-state index in [9.17, 15) is 4.79 Å². The van der Waals surface area contributed by atoms with Gasteiger partial charge in [0.1, 0.15) is 0 Å². The van der Waals surface area contributed by atoms with Crippen LogP contribution in [0.4, 0.5) is 11.4 Å². The van der Waals surface area contributed by atoms with Gasteiger partial charge in [-0.15, -0.1) is 0 Å². The van der Waals surface area contributed by atoms with Gasteiger partial charge in [-0.1, -0.05) is 0 Å². The molecule has 1 aromatic carbocycles. The van der Waals surface area contributed by atoms with Crippen LogP contribution in [0.25, 0.3) is 0 Å². The second kappa shape index (κ2) is 3.30. The van der Waals surface area contributed by atoms with Gasteiger partial charge in [0, 0.05) is 9.13 Å². The lowest BCUT2D eigenvalue weighted by molar-refractivity contribution is 0.101. The number of halogens is 1. The fourth-order valence-corrected chi connectivity index (χ4v) is 1.49. The van der Waals surface area contributed by atoms with Crippen LogP contribution >= 0.6 is 22.6 Å². The minimum Gasteiger partial charge on any atom is -0.397 e. The molecule has 4 heteroatoms. The normalized spacial score (nSPS) is 9.83. The molecule has 0 amide bonds. The van der Waals surface area contributed by atoms with Crippen molar-refractivity contribution in [3.05, 3.63) is 21.3 Å². The number of ketones is 1. The van der Waals surface area contributed by atoms with Gasteiger partial charge >= 0.3 is 0 Å². The molecule has 0 saturated heterocycles. The highest BCUT2D eigenvalue weighted by Gasteiger charge is 2.05. The second-order valence-electron chi connectivity index (χ2n) is 2.52. The van der Waals surface area contributed by atoms with Crippen molar-refractivity contribution in [2.24, 2.45) is 0 Å². The third-order valence-electron chi connectivity index (χ3n) is 1.57. The Balaban J connectivity index is 3.31. The molecule has 0 fully saturated rings. The van der Waals surface area contributed by atoms with Crippen LogP contribution in [0, 0.1) is 3.57 Å². The van der Waals surface area contributed by atoms with Gasteiger partial charge in [-0.25, -0.2) is 0 Å². The predicted octanol–water partition coefficient (Wildman–Crippen LogP) is 1.66. The van der Waals surface area contributed by atoms with Gasteiger partial charge in [-0.2, -0.15) is 0 Å². The molecule has 0 heterocycles. The number of rotatable bonds is 1. The van der Waals surface area contributed by atoms with Gasteiger partial charge in [-0.3, -0.25) is 4.79 Å². The molecular weight excluding hydrogens is 267 g/mol. The van der Waals surface area contributed by atoms with Crippen molar-refractivity contribution in [1.29, 1.82) is 0 Å². The first-order valence-electron chi connectivity index (χ1n) is 3.38. The van der Waals surface area contributed by atoms with Crippen molar-refractivity contribution in [1.82, 2.24) is 0 Å². The van der Waals surface area contributed by atoms with Gasteiger partial charge in [0.25, 0.3) is 0 Å². The van der Waals surface area contributed by atoms with Crippen LogP contribution in [0.15, 0.2) is 12.1 Å². The highest BCUT2D eigenvalue weighted by molar-refractivity contribution is 14.1. The number of hydrogen-bond donors (Lipinski definition) is 2.